The number of carboxylic acid groups (broad SMARTS) is 1. The van der Waals surface area contributed by atoms with Crippen molar-refractivity contribution in [3.63, 3.8) is 0 Å². The van der Waals surface area contributed by atoms with Gasteiger partial charge in [-0.2, -0.15) is 0 Å². The third kappa shape index (κ3) is 4.81. The molecule has 1 aliphatic rings. The highest BCUT2D eigenvalue weighted by atomic mass is 35.5. The molecule has 2 N–H and O–H groups in total. The highest BCUT2D eigenvalue weighted by molar-refractivity contribution is 7.92. The molecule has 1 saturated heterocycles. The summed E-state index contributed by atoms with van der Waals surface area (Å²) in [6.07, 6.45) is 0. The quantitative estimate of drug-likeness (QED) is 0.561. The van der Waals surface area contributed by atoms with Crippen LogP contribution < -0.4 is 14.5 Å². The molecule has 0 spiro atoms. The molecule has 9 heteroatoms. The van der Waals surface area contributed by atoms with E-state index in [2.05, 4.69) is 14.5 Å². The Morgan fingerprint density at radius 1 is 0.875 bits per heavy atom. The maximum atomic E-state index is 12.9. The molecule has 0 amide bonds. The first-order valence-corrected chi connectivity index (χ1v) is 11.9. The largest absolute Gasteiger partial charge is 0.478 e. The van der Waals surface area contributed by atoms with Gasteiger partial charge in [0.2, 0.25) is 0 Å². The molecule has 0 bridgehead atoms. The average molecular weight is 472 g/mol. The van der Waals surface area contributed by atoms with E-state index in [4.69, 9.17) is 11.6 Å². The number of halogens is 1. The second-order valence-corrected chi connectivity index (χ2v) is 9.53. The first kappa shape index (κ1) is 22.0. The lowest BCUT2D eigenvalue weighted by atomic mass is 10.1. The summed E-state index contributed by atoms with van der Waals surface area (Å²) in [7, 11) is -3.87. The smallest absolute Gasteiger partial charge is 0.335 e. The highest BCUT2D eigenvalue weighted by Gasteiger charge is 2.23. The second kappa shape index (κ2) is 9.10. The van der Waals surface area contributed by atoms with Gasteiger partial charge in [0.25, 0.3) is 10.0 Å². The number of hydrogen-bond donors (Lipinski definition) is 2. The van der Waals surface area contributed by atoms with Gasteiger partial charge < -0.3 is 14.9 Å². The Kier molecular flexibility index (Phi) is 6.25. The lowest BCUT2D eigenvalue weighted by molar-refractivity contribution is 0.0697. The molecule has 4 rings (SSSR count). The van der Waals surface area contributed by atoms with Crippen LogP contribution in [0.2, 0.25) is 5.02 Å². The first-order valence-electron chi connectivity index (χ1n) is 10.0. The van der Waals surface area contributed by atoms with Crippen molar-refractivity contribution in [1.82, 2.24) is 0 Å². The summed E-state index contributed by atoms with van der Waals surface area (Å²) < 4.78 is 28.4. The van der Waals surface area contributed by atoms with Crippen LogP contribution >= 0.6 is 11.6 Å². The molecule has 7 nitrogen and oxygen atoms in total. The summed E-state index contributed by atoms with van der Waals surface area (Å²) in [4.78, 5) is 15.9. The van der Waals surface area contributed by atoms with Crippen molar-refractivity contribution in [2.75, 3.05) is 40.7 Å². The van der Waals surface area contributed by atoms with E-state index in [1.165, 1.54) is 24.3 Å². The number of carbonyl (C=O) groups is 1. The second-order valence-electron chi connectivity index (χ2n) is 7.41. The zero-order chi connectivity index (χ0) is 22.7. The Bertz CT molecular complexity index is 1230. The van der Waals surface area contributed by atoms with E-state index in [1.54, 1.807) is 24.3 Å². The van der Waals surface area contributed by atoms with Crippen LogP contribution in [0.1, 0.15) is 10.4 Å². The van der Waals surface area contributed by atoms with Crippen molar-refractivity contribution < 1.29 is 18.3 Å². The zero-order valence-corrected chi connectivity index (χ0v) is 18.7. The van der Waals surface area contributed by atoms with E-state index in [-0.39, 0.29) is 16.1 Å². The lowest BCUT2D eigenvalue weighted by Crippen LogP contribution is -2.46. The van der Waals surface area contributed by atoms with E-state index < -0.39 is 16.0 Å². The molecule has 1 aliphatic heterocycles. The van der Waals surface area contributed by atoms with Crippen molar-refractivity contribution in [3.8, 4) is 0 Å². The van der Waals surface area contributed by atoms with Crippen molar-refractivity contribution in [3.05, 3.63) is 83.4 Å². The lowest BCUT2D eigenvalue weighted by Gasteiger charge is -2.38. The Morgan fingerprint density at radius 3 is 2.22 bits per heavy atom. The van der Waals surface area contributed by atoms with Gasteiger partial charge in [-0.3, -0.25) is 4.72 Å². The van der Waals surface area contributed by atoms with Crippen LogP contribution in [0.15, 0.2) is 77.7 Å². The molecule has 0 saturated carbocycles. The maximum Gasteiger partial charge on any atom is 0.335 e. The number of carboxylic acids is 1. The van der Waals surface area contributed by atoms with Gasteiger partial charge >= 0.3 is 5.97 Å². The molecule has 0 aromatic heterocycles. The summed E-state index contributed by atoms with van der Waals surface area (Å²) in [6.45, 7) is 2.70. The molecule has 0 atom stereocenters. The molecule has 166 valence electrons. The normalized spacial score (nSPS) is 14.3. The summed E-state index contributed by atoms with van der Waals surface area (Å²) in [5.74, 6) is -1.12. The first-order chi connectivity index (χ1) is 15.3. The van der Waals surface area contributed by atoms with E-state index in [9.17, 15) is 18.3 Å². The summed E-state index contributed by atoms with van der Waals surface area (Å²) >= 11 is 6.11. The van der Waals surface area contributed by atoms with Gasteiger partial charge in [0, 0.05) is 36.9 Å². The topological polar surface area (TPSA) is 89.9 Å². The van der Waals surface area contributed by atoms with Gasteiger partial charge in [0.05, 0.1) is 21.8 Å². The number of nitrogens with zero attached hydrogens (tertiary/aromatic N) is 2. The van der Waals surface area contributed by atoms with Gasteiger partial charge in [-0.05, 0) is 48.5 Å². The van der Waals surface area contributed by atoms with Crippen LogP contribution in [0.4, 0.5) is 17.1 Å². The maximum absolute atomic E-state index is 12.9. The molecule has 1 heterocycles. The molecule has 0 aliphatic carbocycles. The minimum absolute atomic E-state index is 0.0112. The van der Waals surface area contributed by atoms with Crippen LogP contribution in [0, 0.1) is 0 Å². The average Bonchev–Trinajstić information content (AvgIpc) is 2.79. The predicted molar refractivity (Wildman–Crippen MR) is 127 cm³/mol. The number of sulfonamides is 1. The van der Waals surface area contributed by atoms with E-state index in [0.717, 1.165) is 5.69 Å². The molecule has 0 radical (unpaired) electrons. The SMILES string of the molecule is O=C(O)c1ccc(N2CCN(c3cccc(Cl)c3)CC2)c(NS(=O)(=O)c2ccccc2)c1. The standard InChI is InChI=1S/C23H22ClN3O4S/c24-18-5-4-6-19(16-18)26-11-13-27(14-12-26)22-10-9-17(23(28)29)15-21(22)25-32(30,31)20-7-2-1-3-8-20/h1-10,15-16,25H,11-14H2,(H,28,29). The highest BCUT2D eigenvalue weighted by Crippen LogP contribution is 2.31. The summed E-state index contributed by atoms with van der Waals surface area (Å²) in [5.41, 5.74) is 1.92. The number of benzene rings is 3. The van der Waals surface area contributed by atoms with E-state index in [1.807, 2.05) is 24.3 Å². The molecule has 1 fully saturated rings. The molecule has 3 aromatic carbocycles. The fourth-order valence-electron chi connectivity index (χ4n) is 3.71. The van der Waals surface area contributed by atoms with Gasteiger partial charge in [-0.15, -0.1) is 0 Å². The number of aromatic carboxylic acids is 1. The van der Waals surface area contributed by atoms with Gasteiger partial charge in [0.1, 0.15) is 0 Å². The van der Waals surface area contributed by atoms with Crippen LogP contribution in [0.25, 0.3) is 0 Å². The third-order valence-corrected chi connectivity index (χ3v) is 6.95. The summed E-state index contributed by atoms with van der Waals surface area (Å²) in [5, 5.41) is 10.1. The van der Waals surface area contributed by atoms with Gasteiger partial charge in [-0.1, -0.05) is 35.9 Å². The summed E-state index contributed by atoms with van der Waals surface area (Å²) in [6, 6.07) is 20.2. The van der Waals surface area contributed by atoms with Crippen LogP contribution in [-0.4, -0.2) is 45.7 Å². The van der Waals surface area contributed by atoms with Crippen LogP contribution in [0.5, 0.6) is 0 Å². The van der Waals surface area contributed by atoms with Crippen molar-refractivity contribution in [1.29, 1.82) is 0 Å². The Morgan fingerprint density at radius 2 is 1.56 bits per heavy atom. The zero-order valence-electron chi connectivity index (χ0n) is 17.1. The predicted octanol–water partition coefficient (Wildman–Crippen LogP) is 4.17. The minimum Gasteiger partial charge on any atom is -0.478 e. The molecular formula is C23H22ClN3O4S. The number of rotatable bonds is 6. The van der Waals surface area contributed by atoms with Crippen LogP contribution in [-0.2, 0) is 10.0 Å². The third-order valence-electron chi connectivity index (χ3n) is 5.34. The van der Waals surface area contributed by atoms with Crippen molar-refractivity contribution in [2.24, 2.45) is 0 Å². The van der Waals surface area contributed by atoms with Crippen molar-refractivity contribution >= 4 is 44.7 Å². The number of nitrogens with one attached hydrogen (secondary N) is 1. The Hall–Kier alpha value is -3.23. The fraction of sp³-hybridized carbons (Fsp3) is 0.174. The minimum atomic E-state index is -3.87. The number of anilines is 3. The number of hydrogen-bond acceptors (Lipinski definition) is 5. The Balaban J connectivity index is 1.60. The molecule has 32 heavy (non-hydrogen) atoms. The van der Waals surface area contributed by atoms with Crippen molar-refractivity contribution in [2.45, 2.75) is 4.90 Å². The molecular weight excluding hydrogens is 450 g/mol. The van der Waals surface area contributed by atoms with E-state index >= 15 is 0 Å². The van der Waals surface area contributed by atoms with Crippen LogP contribution in [0.3, 0.4) is 0 Å². The van der Waals surface area contributed by atoms with E-state index in [0.29, 0.717) is 36.9 Å². The molecule has 0 unspecified atom stereocenters. The molecule has 3 aromatic rings. The fourth-order valence-corrected chi connectivity index (χ4v) is 4.98. The monoisotopic (exact) mass is 471 g/mol. The van der Waals surface area contributed by atoms with Gasteiger partial charge in [-0.25, -0.2) is 13.2 Å². The Labute approximate surface area is 191 Å². The number of piperazine rings is 1. The van der Waals surface area contributed by atoms with Gasteiger partial charge in [0.15, 0.2) is 0 Å².